The number of pyridine rings is 1. The number of rotatable bonds is 6. The molecule has 3 aromatic carbocycles. The number of aliphatic hydroxyl groups is 1. The van der Waals surface area contributed by atoms with Gasteiger partial charge in [0.15, 0.2) is 0 Å². The normalized spacial score (nSPS) is 12.9. The molecule has 206 valence electrons. The molecular weight excluding hydrogens is 702 g/mol. The van der Waals surface area contributed by atoms with Crippen molar-refractivity contribution in [2.75, 3.05) is 10.6 Å². The lowest BCUT2D eigenvalue weighted by molar-refractivity contribution is -0.248. The highest BCUT2D eigenvalue weighted by atomic mass is 79.9. The van der Waals surface area contributed by atoms with Crippen LogP contribution < -0.4 is 10.6 Å². The maximum atomic E-state index is 14.2. The van der Waals surface area contributed by atoms with E-state index < -0.39 is 34.7 Å². The number of amides is 2. The van der Waals surface area contributed by atoms with Crippen LogP contribution in [0.1, 0.15) is 31.8 Å². The van der Waals surface area contributed by atoms with Crippen molar-refractivity contribution in [3.05, 3.63) is 120 Å². The van der Waals surface area contributed by atoms with Crippen LogP contribution in [0.3, 0.4) is 0 Å². The molecular formula is C27H16Br2Cl2F3N3O3. The first-order valence-corrected chi connectivity index (χ1v) is 13.5. The van der Waals surface area contributed by atoms with E-state index in [4.69, 9.17) is 23.2 Å². The number of halogens is 7. The number of nitrogens with one attached hydrogen (secondary N) is 2. The Morgan fingerprint density at radius 3 is 2.08 bits per heavy atom. The Morgan fingerprint density at radius 1 is 0.825 bits per heavy atom. The van der Waals surface area contributed by atoms with Gasteiger partial charge in [0.25, 0.3) is 11.8 Å². The Balaban J connectivity index is 1.60. The van der Waals surface area contributed by atoms with Crippen molar-refractivity contribution in [2.45, 2.75) is 11.8 Å². The highest BCUT2D eigenvalue weighted by molar-refractivity contribution is 9.11. The monoisotopic (exact) mass is 715 g/mol. The van der Waals surface area contributed by atoms with Crippen molar-refractivity contribution in [2.24, 2.45) is 0 Å². The molecule has 0 fully saturated rings. The molecule has 1 atom stereocenters. The summed E-state index contributed by atoms with van der Waals surface area (Å²) in [6.07, 6.45) is -3.65. The minimum atomic E-state index is -5.09. The van der Waals surface area contributed by atoms with Crippen molar-refractivity contribution >= 4 is 78.3 Å². The predicted molar refractivity (Wildman–Crippen MR) is 154 cm³/mol. The standard InChI is InChI=1S/C27H16Br2Cl2F3N3O3/c28-20-12-16(26(40,27(32,33)34)15-6-8-17(30)9-7-15)13-21(29)22(20)37-24(38)14-3-1-4-18(11-14)36-25(39)19-5-2-10-35-23(19)31/h1-13,40H,(H,36,39)(H,37,38). The third-order valence-electron chi connectivity index (χ3n) is 5.76. The minimum absolute atomic E-state index is 0.0144. The SMILES string of the molecule is O=C(Nc1c(Br)cc(C(O)(c2ccc(Cl)cc2)C(F)(F)F)cc1Br)c1cccc(NC(=O)c2cccnc2Cl)c1. The van der Waals surface area contributed by atoms with Crippen molar-refractivity contribution in [3.8, 4) is 0 Å². The molecule has 6 nitrogen and oxygen atoms in total. The van der Waals surface area contributed by atoms with Crippen molar-refractivity contribution in [3.63, 3.8) is 0 Å². The molecule has 0 saturated carbocycles. The van der Waals surface area contributed by atoms with Gasteiger partial charge in [-0.25, -0.2) is 4.98 Å². The number of carbonyl (C=O) groups excluding carboxylic acids is 2. The molecule has 1 aromatic heterocycles. The van der Waals surface area contributed by atoms with E-state index in [1.165, 1.54) is 42.6 Å². The zero-order chi connectivity index (χ0) is 29.2. The van der Waals surface area contributed by atoms with Gasteiger partial charge in [-0.2, -0.15) is 13.2 Å². The molecule has 0 aliphatic rings. The van der Waals surface area contributed by atoms with E-state index in [1.807, 2.05) is 0 Å². The average Bonchev–Trinajstić information content (AvgIpc) is 2.90. The van der Waals surface area contributed by atoms with Crippen LogP contribution in [0.4, 0.5) is 24.5 Å². The molecule has 0 radical (unpaired) electrons. The fourth-order valence-corrected chi connectivity index (χ4v) is 5.48. The highest BCUT2D eigenvalue weighted by Crippen LogP contribution is 2.47. The third-order valence-corrected chi connectivity index (χ3v) is 7.56. The van der Waals surface area contributed by atoms with Crippen LogP contribution in [0.2, 0.25) is 10.2 Å². The van der Waals surface area contributed by atoms with Crippen LogP contribution in [0.5, 0.6) is 0 Å². The molecule has 1 unspecified atom stereocenters. The predicted octanol–water partition coefficient (Wildman–Crippen LogP) is 8.22. The summed E-state index contributed by atoms with van der Waals surface area (Å²) in [4.78, 5) is 29.4. The molecule has 4 rings (SSSR count). The van der Waals surface area contributed by atoms with Crippen LogP contribution in [0, 0.1) is 0 Å². The maximum Gasteiger partial charge on any atom is 0.425 e. The second kappa shape index (κ2) is 11.9. The van der Waals surface area contributed by atoms with Crippen molar-refractivity contribution < 1.29 is 27.9 Å². The largest absolute Gasteiger partial charge is 0.425 e. The topological polar surface area (TPSA) is 91.3 Å². The number of hydrogen-bond donors (Lipinski definition) is 3. The second-order valence-electron chi connectivity index (χ2n) is 8.36. The quantitative estimate of drug-likeness (QED) is 0.175. The molecule has 0 bridgehead atoms. The van der Waals surface area contributed by atoms with Crippen LogP contribution in [0.25, 0.3) is 0 Å². The summed E-state index contributed by atoms with van der Waals surface area (Å²) < 4.78 is 42.8. The van der Waals surface area contributed by atoms with Crippen LogP contribution >= 0.6 is 55.1 Å². The first kappa shape index (κ1) is 30.0. The van der Waals surface area contributed by atoms with E-state index in [1.54, 1.807) is 12.1 Å². The van der Waals surface area contributed by atoms with E-state index in [2.05, 4.69) is 47.5 Å². The fraction of sp³-hybridized carbons (Fsp3) is 0.0741. The van der Waals surface area contributed by atoms with E-state index in [9.17, 15) is 27.9 Å². The van der Waals surface area contributed by atoms with Gasteiger partial charge in [-0.05, 0) is 97.6 Å². The highest BCUT2D eigenvalue weighted by Gasteiger charge is 2.56. The molecule has 0 aliphatic carbocycles. The Kier molecular flexibility index (Phi) is 8.91. The van der Waals surface area contributed by atoms with Gasteiger partial charge in [-0.1, -0.05) is 41.4 Å². The van der Waals surface area contributed by atoms with Crippen molar-refractivity contribution in [1.29, 1.82) is 0 Å². The summed E-state index contributed by atoms with van der Waals surface area (Å²) in [6, 6.07) is 15.8. The van der Waals surface area contributed by atoms with Crippen LogP contribution in [-0.2, 0) is 5.60 Å². The number of nitrogens with zero attached hydrogens (tertiary/aromatic N) is 1. The molecule has 0 aliphatic heterocycles. The summed E-state index contributed by atoms with van der Waals surface area (Å²) in [5, 5.41) is 16.4. The number of carbonyl (C=O) groups is 2. The third kappa shape index (κ3) is 6.18. The van der Waals surface area contributed by atoms with Gasteiger partial charge in [-0.3, -0.25) is 9.59 Å². The summed E-state index contributed by atoms with van der Waals surface area (Å²) in [7, 11) is 0. The zero-order valence-corrected chi connectivity index (χ0v) is 24.5. The lowest BCUT2D eigenvalue weighted by atomic mass is 9.85. The van der Waals surface area contributed by atoms with Gasteiger partial charge in [0.05, 0.1) is 11.3 Å². The van der Waals surface area contributed by atoms with E-state index in [-0.39, 0.29) is 35.9 Å². The van der Waals surface area contributed by atoms with E-state index >= 15 is 0 Å². The molecule has 3 N–H and O–H groups in total. The Bertz CT molecular complexity index is 1580. The van der Waals surface area contributed by atoms with Gasteiger partial charge < -0.3 is 15.7 Å². The number of aromatic nitrogens is 1. The smallest absolute Gasteiger partial charge is 0.372 e. The first-order chi connectivity index (χ1) is 18.8. The van der Waals surface area contributed by atoms with Crippen LogP contribution in [0.15, 0.2) is 87.9 Å². The average molecular weight is 718 g/mol. The van der Waals surface area contributed by atoms with Gasteiger partial charge in [0, 0.05) is 31.4 Å². The van der Waals surface area contributed by atoms with Gasteiger partial charge in [0.2, 0.25) is 5.60 Å². The Hall–Kier alpha value is -2.96. The number of benzene rings is 3. The van der Waals surface area contributed by atoms with Crippen LogP contribution in [-0.4, -0.2) is 28.1 Å². The molecule has 0 saturated heterocycles. The van der Waals surface area contributed by atoms with Gasteiger partial charge in [0.1, 0.15) is 5.15 Å². The maximum absolute atomic E-state index is 14.2. The number of alkyl halides is 3. The Labute approximate surface area is 252 Å². The van der Waals surface area contributed by atoms with Gasteiger partial charge in [-0.15, -0.1) is 0 Å². The molecule has 4 aromatic rings. The molecule has 13 heteroatoms. The summed E-state index contributed by atoms with van der Waals surface area (Å²) in [6.45, 7) is 0. The van der Waals surface area contributed by atoms with Gasteiger partial charge >= 0.3 is 6.18 Å². The number of hydrogen-bond acceptors (Lipinski definition) is 4. The summed E-state index contributed by atoms with van der Waals surface area (Å²) in [5.41, 5.74) is -3.61. The minimum Gasteiger partial charge on any atom is -0.372 e. The lowest BCUT2D eigenvalue weighted by Crippen LogP contribution is -2.43. The molecule has 40 heavy (non-hydrogen) atoms. The number of anilines is 2. The zero-order valence-electron chi connectivity index (χ0n) is 19.9. The van der Waals surface area contributed by atoms with E-state index in [0.717, 1.165) is 24.3 Å². The molecule has 2 amide bonds. The lowest BCUT2D eigenvalue weighted by Gasteiger charge is -2.32. The second-order valence-corrected chi connectivity index (χ2v) is 10.9. The first-order valence-electron chi connectivity index (χ1n) is 11.2. The fourth-order valence-electron chi connectivity index (χ4n) is 3.76. The van der Waals surface area contributed by atoms with E-state index in [0.29, 0.717) is 5.69 Å². The Morgan fingerprint density at radius 2 is 1.48 bits per heavy atom. The molecule has 1 heterocycles. The summed E-state index contributed by atoms with van der Waals surface area (Å²) >= 11 is 18.2. The van der Waals surface area contributed by atoms with Crippen molar-refractivity contribution in [1.82, 2.24) is 4.98 Å². The molecule has 0 spiro atoms. The summed E-state index contributed by atoms with van der Waals surface area (Å²) in [5.74, 6) is -1.15.